The molecule has 0 saturated carbocycles. The van der Waals surface area contributed by atoms with E-state index in [0.717, 1.165) is 25.3 Å². The van der Waals surface area contributed by atoms with Crippen LogP contribution in [0.25, 0.3) is 21.8 Å². The minimum Gasteiger partial charge on any atom is -0.494 e. The topological polar surface area (TPSA) is 14.2 Å². The molecule has 1 heterocycles. The molecule has 34 heavy (non-hydrogen) atoms. The quantitative estimate of drug-likeness (QED) is 0.161. The van der Waals surface area contributed by atoms with E-state index in [1.165, 1.54) is 118 Å². The van der Waals surface area contributed by atoms with Gasteiger partial charge in [0.1, 0.15) is 5.75 Å². The van der Waals surface area contributed by atoms with E-state index >= 15 is 0 Å². The summed E-state index contributed by atoms with van der Waals surface area (Å²) < 4.78 is 8.72. The van der Waals surface area contributed by atoms with Gasteiger partial charge in [-0.15, -0.1) is 0 Å². The van der Waals surface area contributed by atoms with Crippen LogP contribution in [0, 0.1) is 0 Å². The highest BCUT2D eigenvalue weighted by Gasteiger charge is 2.11. The maximum Gasteiger partial charge on any atom is 0.121 e. The van der Waals surface area contributed by atoms with Crippen LogP contribution in [-0.4, -0.2) is 11.2 Å². The van der Waals surface area contributed by atoms with Crippen molar-refractivity contribution in [3.8, 4) is 5.75 Å². The van der Waals surface area contributed by atoms with E-state index < -0.39 is 0 Å². The summed E-state index contributed by atoms with van der Waals surface area (Å²) in [4.78, 5) is 0. The third-order valence-corrected chi connectivity index (χ3v) is 7.25. The first-order valence-electron chi connectivity index (χ1n) is 14.5. The smallest absolute Gasteiger partial charge is 0.121 e. The van der Waals surface area contributed by atoms with Gasteiger partial charge in [-0.25, -0.2) is 0 Å². The molecule has 2 nitrogen and oxygen atoms in total. The SMILES string of the molecule is CCCCCCCCCCCCOc1ccc2c3ccccc3n(CCCCCCCC)c2c1. The van der Waals surface area contributed by atoms with Crippen molar-refractivity contribution in [2.75, 3.05) is 6.61 Å². The van der Waals surface area contributed by atoms with Crippen molar-refractivity contribution in [3.05, 3.63) is 42.5 Å². The zero-order valence-corrected chi connectivity index (χ0v) is 22.1. The first-order chi connectivity index (χ1) is 16.8. The lowest BCUT2D eigenvalue weighted by molar-refractivity contribution is 0.304. The minimum absolute atomic E-state index is 0.833. The molecule has 3 rings (SSSR count). The lowest BCUT2D eigenvalue weighted by Crippen LogP contribution is -2.00. The van der Waals surface area contributed by atoms with Crippen molar-refractivity contribution in [2.45, 2.75) is 123 Å². The van der Waals surface area contributed by atoms with Crippen LogP contribution in [0.2, 0.25) is 0 Å². The van der Waals surface area contributed by atoms with E-state index in [4.69, 9.17) is 4.74 Å². The van der Waals surface area contributed by atoms with E-state index in [-0.39, 0.29) is 0 Å². The molecule has 0 spiro atoms. The predicted molar refractivity (Wildman–Crippen MR) is 150 cm³/mol. The van der Waals surface area contributed by atoms with Gasteiger partial charge in [0, 0.05) is 28.9 Å². The molecule has 0 unspecified atom stereocenters. The van der Waals surface area contributed by atoms with Crippen LogP contribution >= 0.6 is 0 Å². The van der Waals surface area contributed by atoms with E-state index in [1.807, 2.05) is 0 Å². The van der Waals surface area contributed by atoms with Crippen LogP contribution in [-0.2, 0) is 6.54 Å². The third kappa shape index (κ3) is 8.36. The predicted octanol–water partition coefficient (Wildman–Crippen LogP) is 10.5. The fraction of sp³-hybridized carbons (Fsp3) is 0.625. The van der Waals surface area contributed by atoms with Gasteiger partial charge >= 0.3 is 0 Å². The van der Waals surface area contributed by atoms with Gasteiger partial charge in [-0.05, 0) is 31.0 Å². The lowest BCUT2D eigenvalue weighted by atomic mass is 10.1. The maximum absolute atomic E-state index is 6.19. The van der Waals surface area contributed by atoms with Crippen LogP contribution in [0.5, 0.6) is 5.75 Å². The number of aryl methyl sites for hydroxylation is 1. The summed E-state index contributed by atoms with van der Waals surface area (Å²) in [6.45, 7) is 6.50. The Morgan fingerprint density at radius 2 is 1.12 bits per heavy atom. The molecule has 0 aliphatic heterocycles. The molecule has 0 atom stereocenters. The zero-order valence-electron chi connectivity index (χ0n) is 22.1. The number of aromatic nitrogens is 1. The Morgan fingerprint density at radius 1 is 0.559 bits per heavy atom. The summed E-state index contributed by atoms with van der Waals surface area (Å²) in [7, 11) is 0. The van der Waals surface area contributed by atoms with Crippen molar-refractivity contribution in [2.24, 2.45) is 0 Å². The molecule has 0 radical (unpaired) electrons. The molecule has 3 aromatic rings. The summed E-state index contributed by atoms with van der Waals surface area (Å²) in [6, 6.07) is 15.6. The van der Waals surface area contributed by atoms with E-state index in [1.54, 1.807) is 0 Å². The molecule has 0 fully saturated rings. The Bertz CT molecular complexity index is 941. The van der Waals surface area contributed by atoms with Gasteiger partial charge in [0.05, 0.1) is 12.1 Å². The average molecular weight is 464 g/mol. The van der Waals surface area contributed by atoms with Crippen molar-refractivity contribution >= 4 is 21.8 Å². The average Bonchev–Trinajstić information content (AvgIpc) is 3.17. The minimum atomic E-state index is 0.833. The summed E-state index contributed by atoms with van der Waals surface area (Å²) in [5.74, 6) is 1.02. The monoisotopic (exact) mass is 463 g/mol. The van der Waals surface area contributed by atoms with Crippen LogP contribution < -0.4 is 4.74 Å². The molecule has 0 bridgehead atoms. The molecule has 0 N–H and O–H groups in total. The lowest BCUT2D eigenvalue weighted by Gasteiger charge is -2.10. The Kier molecular flexibility index (Phi) is 12.4. The first-order valence-corrected chi connectivity index (χ1v) is 14.5. The van der Waals surface area contributed by atoms with Gasteiger partial charge < -0.3 is 9.30 Å². The van der Waals surface area contributed by atoms with Gasteiger partial charge in [-0.3, -0.25) is 0 Å². The Labute approximate surface area is 209 Å². The molecular weight excluding hydrogens is 414 g/mol. The summed E-state index contributed by atoms with van der Waals surface area (Å²) in [5, 5.41) is 2.72. The first kappa shape index (κ1) is 26.6. The molecule has 0 amide bonds. The Balaban J connectivity index is 1.47. The fourth-order valence-corrected chi connectivity index (χ4v) is 5.19. The third-order valence-electron chi connectivity index (χ3n) is 7.25. The largest absolute Gasteiger partial charge is 0.494 e. The number of ether oxygens (including phenoxy) is 1. The van der Waals surface area contributed by atoms with Gasteiger partial charge in [0.2, 0.25) is 0 Å². The summed E-state index contributed by atoms with van der Waals surface area (Å²) >= 11 is 0. The van der Waals surface area contributed by atoms with Gasteiger partial charge in [0.25, 0.3) is 0 Å². The Morgan fingerprint density at radius 3 is 1.79 bits per heavy atom. The second-order valence-electron chi connectivity index (χ2n) is 10.1. The highest BCUT2D eigenvalue weighted by Crippen LogP contribution is 2.32. The summed E-state index contributed by atoms with van der Waals surface area (Å²) in [6.07, 6.45) is 21.6. The van der Waals surface area contributed by atoms with Crippen molar-refractivity contribution in [1.82, 2.24) is 4.57 Å². The maximum atomic E-state index is 6.19. The zero-order chi connectivity index (χ0) is 23.8. The number of hydrogen-bond acceptors (Lipinski definition) is 1. The number of unbranched alkanes of at least 4 members (excludes halogenated alkanes) is 14. The number of nitrogens with zero attached hydrogens (tertiary/aromatic N) is 1. The van der Waals surface area contributed by atoms with E-state index in [0.29, 0.717) is 0 Å². The molecule has 0 saturated heterocycles. The Hall–Kier alpha value is -1.96. The van der Waals surface area contributed by atoms with E-state index in [2.05, 4.69) is 60.9 Å². The van der Waals surface area contributed by atoms with Gasteiger partial charge in [-0.2, -0.15) is 0 Å². The van der Waals surface area contributed by atoms with Crippen molar-refractivity contribution in [1.29, 1.82) is 0 Å². The number of hydrogen-bond donors (Lipinski definition) is 0. The number of fused-ring (bicyclic) bond motifs is 3. The highest BCUT2D eigenvalue weighted by atomic mass is 16.5. The van der Waals surface area contributed by atoms with Crippen LogP contribution in [0.15, 0.2) is 42.5 Å². The van der Waals surface area contributed by atoms with E-state index in [9.17, 15) is 0 Å². The van der Waals surface area contributed by atoms with Crippen LogP contribution in [0.4, 0.5) is 0 Å². The highest BCUT2D eigenvalue weighted by molar-refractivity contribution is 6.08. The molecule has 2 aromatic carbocycles. The number of rotatable bonds is 19. The van der Waals surface area contributed by atoms with Crippen molar-refractivity contribution in [3.63, 3.8) is 0 Å². The molecule has 1 aromatic heterocycles. The van der Waals surface area contributed by atoms with Gasteiger partial charge in [-0.1, -0.05) is 122 Å². The second-order valence-corrected chi connectivity index (χ2v) is 10.1. The standard InChI is InChI=1S/C32H49NO/c1-3-5-7-9-11-12-13-14-16-20-26-34-28-23-24-30-29-21-17-18-22-31(29)33(32(30)27-28)25-19-15-10-8-6-4-2/h17-18,21-24,27H,3-16,19-20,25-26H2,1-2H3. The molecule has 0 aliphatic rings. The molecule has 188 valence electrons. The summed E-state index contributed by atoms with van der Waals surface area (Å²) in [5.41, 5.74) is 2.69. The normalized spacial score (nSPS) is 11.6. The fourth-order valence-electron chi connectivity index (χ4n) is 5.19. The van der Waals surface area contributed by atoms with Crippen LogP contribution in [0.3, 0.4) is 0 Å². The van der Waals surface area contributed by atoms with Crippen LogP contribution in [0.1, 0.15) is 117 Å². The van der Waals surface area contributed by atoms with Gasteiger partial charge in [0.15, 0.2) is 0 Å². The second kappa shape index (κ2) is 15.8. The molecule has 2 heteroatoms. The van der Waals surface area contributed by atoms with Crippen molar-refractivity contribution < 1.29 is 4.74 Å². The molecule has 0 aliphatic carbocycles. The number of benzene rings is 2. The number of para-hydroxylation sites is 1. The molecular formula is C32H49NO.